The summed E-state index contributed by atoms with van der Waals surface area (Å²) in [6.07, 6.45) is 0. The quantitative estimate of drug-likeness (QED) is 0.576. The Labute approximate surface area is 182 Å². The lowest BCUT2D eigenvalue weighted by Gasteiger charge is -2.17. The minimum atomic E-state index is -3.59. The van der Waals surface area contributed by atoms with E-state index < -0.39 is 10.0 Å². The van der Waals surface area contributed by atoms with Gasteiger partial charge < -0.3 is 14.8 Å². The molecule has 162 valence electrons. The number of benzene rings is 3. The smallest absolute Gasteiger partial charge is 0.255 e. The molecule has 0 aliphatic heterocycles. The van der Waals surface area contributed by atoms with Crippen molar-refractivity contribution in [2.45, 2.75) is 11.4 Å². The van der Waals surface area contributed by atoms with E-state index in [0.29, 0.717) is 22.7 Å². The molecule has 0 saturated heterocycles. The van der Waals surface area contributed by atoms with Gasteiger partial charge in [-0.25, -0.2) is 8.42 Å². The van der Waals surface area contributed by atoms with Gasteiger partial charge in [-0.3, -0.25) is 4.79 Å². The Morgan fingerprint density at radius 2 is 1.61 bits per heavy atom. The maximum absolute atomic E-state index is 12.7. The fourth-order valence-electron chi connectivity index (χ4n) is 2.98. The van der Waals surface area contributed by atoms with Crippen molar-refractivity contribution in [3.05, 3.63) is 83.9 Å². The summed E-state index contributed by atoms with van der Waals surface area (Å²) < 4.78 is 37.1. The summed E-state index contributed by atoms with van der Waals surface area (Å²) in [5.74, 6) is 0.788. The van der Waals surface area contributed by atoms with Gasteiger partial charge in [0, 0.05) is 25.2 Å². The number of nitrogens with zero attached hydrogens (tertiary/aromatic N) is 1. The van der Waals surface area contributed by atoms with E-state index in [4.69, 9.17) is 9.47 Å². The molecule has 0 bridgehead atoms. The summed E-state index contributed by atoms with van der Waals surface area (Å²) in [5, 5.41) is 2.81. The maximum atomic E-state index is 12.7. The number of ether oxygens (including phenoxy) is 2. The molecule has 1 N–H and O–H groups in total. The number of carbonyl (C=O) groups is 1. The van der Waals surface area contributed by atoms with Gasteiger partial charge in [0.25, 0.3) is 5.91 Å². The van der Waals surface area contributed by atoms with Crippen LogP contribution in [0.3, 0.4) is 0 Å². The van der Waals surface area contributed by atoms with Crippen molar-refractivity contribution in [3.63, 3.8) is 0 Å². The topological polar surface area (TPSA) is 84.9 Å². The Bertz CT molecular complexity index is 1150. The zero-order valence-electron chi connectivity index (χ0n) is 17.5. The van der Waals surface area contributed by atoms with Crippen LogP contribution in [0.15, 0.2) is 77.7 Å². The molecule has 0 heterocycles. The zero-order chi connectivity index (χ0) is 22.4. The van der Waals surface area contributed by atoms with Crippen molar-refractivity contribution in [1.29, 1.82) is 0 Å². The van der Waals surface area contributed by atoms with Crippen LogP contribution in [0.2, 0.25) is 0 Å². The first-order valence-corrected chi connectivity index (χ1v) is 10.9. The van der Waals surface area contributed by atoms with Gasteiger partial charge in [0.2, 0.25) is 10.0 Å². The van der Waals surface area contributed by atoms with Crippen LogP contribution in [-0.2, 0) is 16.6 Å². The van der Waals surface area contributed by atoms with Crippen molar-refractivity contribution in [3.8, 4) is 11.5 Å². The summed E-state index contributed by atoms with van der Waals surface area (Å²) in [6, 6.07) is 20.2. The number of nitrogens with one attached hydrogen (secondary N) is 1. The minimum absolute atomic E-state index is 0.183. The third-order valence-corrected chi connectivity index (χ3v) is 6.55. The molecule has 0 spiro atoms. The lowest BCUT2D eigenvalue weighted by molar-refractivity contribution is 0.102. The first-order chi connectivity index (χ1) is 14.8. The number of methoxy groups -OCH3 is 2. The van der Waals surface area contributed by atoms with Crippen molar-refractivity contribution in [1.82, 2.24) is 4.31 Å². The Morgan fingerprint density at radius 3 is 2.23 bits per heavy atom. The highest BCUT2D eigenvalue weighted by molar-refractivity contribution is 7.89. The van der Waals surface area contributed by atoms with Gasteiger partial charge in [0.15, 0.2) is 0 Å². The van der Waals surface area contributed by atoms with Gasteiger partial charge in [-0.05, 0) is 42.0 Å². The molecular formula is C23H24N2O5S. The summed E-state index contributed by atoms with van der Waals surface area (Å²) in [4.78, 5) is 12.9. The van der Waals surface area contributed by atoms with E-state index in [9.17, 15) is 13.2 Å². The van der Waals surface area contributed by atoms with E-state index in [2.05, 4.69) is 5.32 Å². The standard InChI is InChI=1S/C23H24N2O5S/c1-25(31(27,28)20-7-5-4-6-8-20)16-17-9-11-18(12-10-17)23(26)24-21-15-19(29-2)13-14-22(21)30-3/h4-15H,16H2,1-3H3,(H,24,26). The van der Waals surface area contributed by atoms with E-state index >= 15 is 0 Å². The van der Waals surface area contributed by atoms with Crippen LogP contribution >= 0.6 is 0 Å². The van der Waals surface area contributed by atoms with Gasteiger partial charge in [0.1, 0.15) is 11.5 Å². The molecule has 3 rings (SSSR count). The number of rotatable bonds is 8. The Hall–Kier alpha value is -3.36. The minimum Gasteiger partial charge on any atom is -0.497 e. The highest BCUT2D eigenvalue weighted by Gasteiger charge is 2.20. The molecule has 8 heteroatoms. The summed E-state index contributed by atoms with van der Waals surface area (Å²) in [7, 11) is 0.998. The fraction of sp³-hybridized carbons (Fsp3) is 0.174. The van der Waals surface area contributed by atoms with Crippen molar-refractivity contribution in [2.24, 2.45) is 0 Å². The highest BCUT2D eigenvalue weighted by atomic mass is 32.2. The van der Waals surface area contributed by atoms with E-state index in [1.807, 2.05) is 0 Å². The molecule has 31 heavy (non-hydrogen) atoms. The van der Waals surface area contributed by atoms with Gasteiger partial charge in [-0.1, -0.05) is 30.3 Å². The zero-order valence-corrected chi connectivity index (χ0v) is 18.3. The molecule has 0 saturated carbocycles. The molecule has 3 aromatic carbocycles. The van der Waals surface area contributed by atoms with Crippen LogP contribution in [-0.4, -0.2) is 39.9 Å². The van der Waals surface area contributed by atoms with Crippen LogP contribution in [0.4, 0.5) is 5.69 Å². The summed E-state index contributed by atoms with van der Waals surface area (Å²) in [6.45, 7) is 0.183. The van der Waals surface area contributed by atoms with Crippen molar-refractivity contribution in [2.75, 3.05) is 26.6 Å². The van der Waals surface area contributed by atoms with Gasteiger partial charge in [-0.2, -0.15) is 4.31 Å². The van der Waals surface area contributed by atoms with Gasteiger partial charge >= 0.3 is 0 Å². The fourth-order valence-corrected chi connectivity index (χ4v) is 4.16. The van der Waals surface area contributed by atoms with E-state index in [0.717, 1.165) is 5.56 Å². The first kappa shape index (κ1) is 22.3. The summed E-state index contributed by atoms with van der Waals surface area (Å²) >= 11 is 0. The second-order valence-corrected chi connectivity index (χ2v) is 8.84. The SMILES string of the molecule is COc1ccc(OC)c(NC(=O)c2ccc(CN(C)S(=O)(=O)c3ccccc3)cc2)c1. The molecule has 1 amide bonds. The number of carbonyl (C=O) groups excluding carboxylic acids is 1. The molecule has 7 nitrogen and oxygen atoms in total. The normalized spacial score (nSPS) is 11.2. The molecule has 0 unspecified atom stereocenters. The second-order valence-electron chi connectivity index (χ2n) is 6.79. The lowest BCUT2D eigenvalue weighted by atomic mass is 10.1. The molecule has 0 aliphatic rings. The summed E-state index contributed by atoms with van der Waals surface area (Å²) in [5.41, 5.74) is 1.68. The van der Waals surface area contributed by atoms with E-state index in [-0.39, 0.29) is 17.3 Å². The Morgan fingerprint density at radius 1 is 0.935 bits per heavy atom. The maximum Gasteiger partial charge on any atom is 0.255 e. The van der Waals surface area contributed by atoms with Crippen LogP contribution in [0, 0.1) is 0 Å². The average Bonchev–Trinajstić information content (AvgIpc) is 2.80. The van der Waals surface area contributed by atoms with E-state index in [1.54, 1.807) is 79.9 Å². The average molecular weight is 441 g/mol. The predicted octanol–water partition coefficient (Wildman–Crippen LogP) is 3.78. The van der Waals surface area contributed by atoms with Crippen molar-refractivity contribution >= 4 is 21.6 Å². The van der Waals surface area contributed by atoms with Gasteiger partial charge in [0.05, 0.1) is 24.8 Å². The Kier molecular flexibility index (Phi) is 6.94. The third-order valence-electron chi connectivity index (χ3n) is 4.73. The Balaban J connectivity index is 1.71. The van der Waals surface area contributed by atoms with Crippen LogP contribution in [0.25, 0.3) is 0 Å². The third kappa shape index (κ3) is 5.22. The molecular weight excluding hydrogens is 416 g/mol. The largest absolute Gasteiger partial charge is 0.497 e. The molecule has 0 aliphatic carbocycles. The number of hydrogen-bond donors (Lipinski definition) is 1. The predicted molar refractivity (Wildman–Crippen MR) is 119 cm³/mol. The number of anilines is 1. The monoisotopic (exact) mass is 440 g/mol. The van der Waals surface area contributed by atoms with Crippen LogP contribution in [0.5, 0.6) is 11.5 Å². The lowest BCUT2D eigenvalue weighted by Crippen LogP contribution is -2.26. The van der Waals surface area contributed by atoms with Crippen LogP contribution in [0.1, 0.15) is 15.9 Å². The molecule has 3 aromatic rings. The second kappa shape index (κ2) is 9.63. The van der Waals surface area contributed by atoms with Crippen molar-refractivity contribution < 1.29 is 22.7 Å². The highest BCUT2D eigenvalue weighted by Crippen LogP contribution is 2.29. The molecule has 0 atom stereocenters. The number of amides is 1. The molecule has 0 fully saturated rings. The van der Waals surface area contributed by atoms with Crippen LogP contribution < -0.4 is 14.8 Å². The molecule has 0 aromatic heterocycles. The number of sulfonamides is 1. The van der Waals surface area contributed by atoms with E-state index in [1.165, 1.54) is 18.5 Å². The van der Waals surface area contributed by atoms with Gasteiger partial charge in [-0.15, -0.1) is 0 Å². The number of hydrogen-bond acceptors (Lipinski definition) is 5. The first-order valence-electron chi connectivity index (χ1n) is 9.49. The molecule has 0 radical (unpaired) electrons.